The summed E-state index contributed by atoms with van der Waals surface area (Å²) in [5, 5.41) is 0.367. The fourth-order valence-electron chi connectivity index (χ4n) is 2.51. The number of anilines is 1. The molecule has 0 radical (unpaired) electrons. The highest BCUT2D eigenvalue weighted by atomic mass is 35.5. The first kappa shape index (κ1) is 14.1. The number of rotatable bonds is 2. The predicted molar refractivity (Wildman–Crippen MR) is 71.9 cm³/mol. The predicted octanol–water partition coefficient (Wildman–Crippen LogP) is 3.06. The third kappa shape index (κ3) is 2.81. The molecule has 1 aliphatic rings. The van der Waals surface area contributed by atoms with Crippen LogP contribution in [0.3, 0.4) is 0 Å². The van der Waals surface area contributed by atoms with Gasteiger partial charge in [0.05, 0.1) is 6.20 Å². The van der Waals surface area contributed by atoms with Crippen LogP contribution in [0.5, 0.6) is 0 Å². The Kier molecular flexibility index (Phi) is 3.49. The Balaban J connectivity index is 1.94. The van der Waals surface area contributed by atoms with Crippen molar-refractivity contribution in [1.82, 2.24) is 4.98 Å². The minimum absolute atomic E-state index is 0.208. The summed E-state index contributed by atoms with van der Waals surface area (Å²) in [6.45, 7) is 1.45. The minimum Gasteiger partial charge on any atom is -0.253 e. The van der Waals surface area contributed by atoms with Gasteiger partial charge in [0, 0.05) is 11.8 Å². The van der Waals surface area contributed by atoms with Gasteiger partial charge in [-0.3, -0.25) is 4.90 Å². The third-order valence-corrected chi connectivity index (χ3v) is 3.64. The second-order valence-electron chi connectivity index (χ2n) is 4.85. The molecule has 7 heteroatoms. The molecular weight excluding hydrogens is 303 g/mol. The molecule has 21 heavy (non-hydrogen) atoms. The molecule has 0 amide bonds. The van der Waals surface area contributed by atoms with Gasteiger partial charge in [0.2, 0.25) is 0 Å². The van der Waals surface area contributed by atoms with Crippen LogP contribution in [0.2, 0.25) is 5.15 Å². The van der Waals surface area contributed by atoms with Gasteiger partial charge in [-0.05, 0) is 18.2 Å². The van der Waals surface area contributed by atoms with Crippen molar-refractivity contribution in [3.63, 3.8) is 0 Å². The van der Waals surface area contributed by atoms with E-state index in [4.69, 9.17) is 11.6 Å². The van der Waals surface area contributed by atoms with E-state index in [-0.39, 0.29) is 5.82 Å². The van der Waals surface area contributed by atoms with Crippen LogP contribution < -0.4 is 9.47 Å². The molecule has 0 aromatic carbocycles. The fraction of sp³-hybridized carbons (Fsp3) is 0.286. The zero-order valence-corrected chi connectivity index (χ0v) is 11.7. The molecule has 0 atom stereocenters. The standard InChI is InChI=1S/C14H12ClF3N3/c15-12-4-3-10(8-19-12)9-21-7-6-20-5-1-2-11(13(20)21)14(16,17)18/h1-5,8H,6-7,9H2/q+1. The van der Waals surface area contributed by atoms with Crippen LogP contribution in [0.15, 0.2) is 36.7 Å². The summed E-state index contributed by atoms with van der Waals surface area (Å²) in [5.41, 5.74) is 0.217. The lowest BCUT2D eigenvalue weighted by atomic mass is 10.2. The smallest absolute Gasteiger partial charge is 0.253 e. The number of nitrogens with zero attached hydrogens (tertiary/aromatic N) is 3. The normalized spacial score (nSPS) is 14.4. The highest BCUT2D eigenvalue weighted by Gasteiger charge is 2.42. The number of aromatic nitrogens is 2. The van der Waals surface area contributed by atoms with Crippen LogP contribution in [0.25, 0.3) is 0 Å². The Morgan fingerprint density at radius 2 is 2.10 bits per heavy atom. The number of hydrogen-bond acceptors (Lipinski definition) is 2. The first-order valence-electron chi connectivity index (χ1n) is 6.40. The van der Waals surface area contributed by atoms with Crippen LogP contribution in [0.1, 0.15) is 11.1 Å². The van der Waals surface area contributed by atoms with Crippen molar-refractivity contribution < 1.29 is 17.7 Å². The van der Waals surface area contributed by atoms with E-state index >= 15 is 0 Å². The lowest BCUT2D eigenvalue weighted by Gasteiger charge is -2.15. The Morgan fingerprint density at radius 1 is 1.29 bits per heavy atom. The molecule has 0 aliphatic carbocycles. The second-order valence-corrected chi connectivity index (χ2v) is 5.23. The van der Waals surface area contributed by atoms with Gasteiger partial charge in [-0.15, -0.1) is 0 Å². The second kappa shape index (κ2) is 5.18. The first-order valence-corrected chi connectivity index (χ1v) is 6.78. The van der Waals surface area contributed by atoms with Crippen LogP contribution in [0, 0.1) is 0 Å². The molecule has 1 aliphatic heterocycles. The SMILES string of the molecule is FC(F)(F)c1ccc[n+]2c1N(Cc1ccc(Cl)nc1)CC2. The van der Waals surface area contributed by atoms with E-state index in [1.165, 1.54) is 6.07 Å². The summed E-state index contributed by atoms with van der Waals surface area (Å²) in [6.07, 6.45) is -1.11. The quantitative estimate of drug-likeness (QED) is 0.627. The van der Waals surface area contributed by atoms with Gasteiger partial charge in [0.1, 0.15) is 30.4 Å². The maximum absolute atomic E-state index is 13.1. The summed E-state index contributed by atoms with van der Waals surface area (Å²) in [6, 6.07) is 5.95. The molecule has 0 spiro atoms. The van der Waals surface area contributed by atoms with Crippen LogP contribution in [0.4, 0.5) is 19.0 Å². The van der Waals surface area contributed by atoms with Crippen LogP contribution in [-0.2, 0) is 19.3 Å². The third-order valence-electron chi connectivity index (χ3n) is 3.42. The number of pyridine rings is 2. The van der Waals surface area contributed by atoms with E-state index in [2.05, 4.69) is 4.98 Å². The molecule has 0 saturated heterocycles. The average molecular weight is 315 g/mol. The Morgan fingerprint density at radius 3 is 2.76 bits per heavy atom. The lowest BCUT2D eigenvalue weighted by Crippen LogP contribution is -2.33. The van der Waals surface area contributed by atoms with Crippen molar-refractivity contribution in [2.45, 2.75) is 19.3 Å². The van der Waals surface area contributed by atoms with E-state index in [0.29, 0.717) is 24.8 Å². The van der Waals surface area contributed by atoms with Gasteiger partial charge in [-0.2, -0.15) is 13.2 Å². The van der Waals surface area contributed by atoms with E-state index < -0.39 is 11.7 Å². The van der Waals surface area contributed by atoms with Crippen molar-refractivity contribution in [3.8, 4) is 0 Å². The van der Waals surface area contributed by atoms with E-state index in [1.807, 2.05) is 0 Å². The molecule has 3 nitrogen and oxygen atoms in total. The Labute approximate surface area is 124 Å². The average Bonchev–Trinajstić information content (AvgIpc) is 2.83. The summed E-state index contributed by atoms with van der Waals surface area (Å²) in [5.74, 6) is 0.208. The number of alkyl halides is 3. The zero-order valence-electron chi connectivity index (χ0n) is 10.9. The molecule has 0 fully saturated rings. The van der Waals surface area contributed by atoms with Gasteiger partial charge in [-0.1, -0.05) is 17.7 Å². The Hall–Kier alpha value is -1.82. The zero-order chi connectivity index (χ0) is 15.0. The minimum atomic E-state index is -4.36. The van der Waals surface area contributed by atoms with Crippen molar-refractivity contribution in [2.24, 2.45) is 0 Å². The molecule has 3 rings (SSSR count). The topological polar surface area (TPSA) is 20.0 Å². The summed E-state index contributed by atoms with van der Waals surface area (Å²) in [7, 11) is 0. The van der Waals surface area contributed by atoms with Gasteiger partial charge in [-0.25, -0.2) is 9.55 Å². The molecule has 0 N–H and O–H groups in total. The van der Waals surface area contributed by atoms with Gasteiger partial charge >= 0.3 is 6.18 Å². The van der Waals surface area contributed by atoms with Crippen LogP contribution >= 0.6 is 11.6 Å². The largest absolute Gasteiger partial charge is 0.424 e. The van der Waals surface area contributed by atoms with Crippen molar-refractivity contribution >= 4 is 17.4 Å². The monoisotopic (exact) mass is 314 g/mol. The number of halogens is 4. The fourth-order valence-corrected chi connectivity index (χ4v) is 2.62. The highest BCUT2D eigenvalue weighted by molar-refractivity contribution is 6.29. The molecule has 3 heterocycles. The van der Waals surface area contributed by atoms with E-state index in [1.54, 1.807) is 34.0 Å². The molecule has 110 valence electrons. The van der Waals surface area contributed by atoms with Crippen molar-refractivity contribution in [3.05, 3.63) is 52.9 Å². The summed E-state index contributed by atoms with van der Waals surface area (Å²) < 4.78 is 41.0. The van der Waals surface area contributed by atoms with E-state index in [0.717, 1.165) is 11.6 Å². The molecule has 0 saturated carbocycles. The molecule has 0 unspecified atom stereocenters. The van der Waals surface area contributed by atoms with Crippen LogP contribution in [-0.4, -0.2) is 11.5 Å². The molecule has 2 aromatic rings. The highest BCUT2D eigenvalue weighted by Crippen LogP contribution is 2.36. The first-order chi connectivity index (χ1) is 9.95. The lowest BCUT2D eigenvalue weighted by molar-refractivity contribution is -0.671. The van der Waals surface area contributed by atoms with E-state index in [9.17, 15) is 13.2 Å². The summed E-state index contributed by atoms with van der Waals surface area (Å²) in [4.78, 5) is 5.67. The van der Waals surface area contributed by atoms with Gasteiger partial charge in [0.15, 0.2) is 0 Å². The summed E-state index contributed by atoms with van der Waals surface area (Å²) >= 11 is 5.72. The molecule has 0 bridgehead atoms. The molecular formula is C14H12ClF3N3+. The van der Waals surface area contributed by atoms with Crippen molar-refractivity contribution in [2.75, 3.05) is 11.4 Å². The number of hydrogen-bond donors (Lipinski definition) is 0. The maximum atomic E-state index is 13.1. The van der Waals surface area contributed by atoms with Crippen molar-refractivity contribution in [1.29, 1.82) is 0 Å². The van der Waals surface area contributed by atoms with Gasteiger partial charge in [0.25, 0.3) is 5.82 Å². The number of fused-ring (bicyclic) bond motifs is 1. The van der Waals surface area contributed by atoms with Gasteiger partial charge < -0.3 is 0 Å². The Bertz CT molecular complexity index is 656. The maximum Gasteiger partial charge on any atom is 0.424 e. The molecule has 2 aromatic heterocycles.